The maximum Gasteiger partial charge on any atom is 0.164 e. The Morgan fingerprint density at radius 3 is 2.24 bits per heavy atom. The highest BCUT2D eigenvalue weighted by Gasteiger charge is 1.93. The molecule has 4 nitrogen and oxygen atoms in total. The third-order valence-electron chi connectivity index (χ3n) is 2.57. The van der Waals surface area contributed by atoms with E-state index in [1.165, 1.54) is 6.08 Å². The van der Waals surface area contributed by atoms with Crippen LogP contribution in [0, 0.1) is 22.7 Å². The van der Waals surface area contributed by atoms with Gasteiger partial charge in [0.2, 0.25) is 0 Å². The molecule has 0 fully saturated rings. The topological polar surface area (TPSA) is 72.9 Å². The van der Waals surface area contributed by atoms with E-state index in [-0.39, 0.29) is 5.57 Å². The molecule has 1 rings (SSSR count). The Morgan fingerprint density at radius 1 is 1.19 bits per heavy atom. The number of allylic oxidation sites excluding steroid dienone is 3. The zero-order valence-electron chi connectivity index (χ0n) is 12.3. The number of nitriles is 2. The Labute approximate surface area is 126 Å². The van der Waals surface area contributed by atoms with Gasteiger partial charge in [0.15, 0.2) is 6.21 Å². The van der Waals surface area contributed by atoms with Crippen LogP contribution in [-0.2, 0) is 0 Å². The minimum absolute atomic E-state index is 0.158. The Kier molecular flexibility index (Phi) is 10.4. The predicted octanol–water partition coefficient (Wildman–Crippen LogP) is 3.02. The fraction of sp³-hybridized carbons (Fsp3) is 0.235. The molecule has 0 heterocycles. The van der Waals surface area contributed by atoms with Gasteiger partial charge in [-0.15, -0.1) is 0 Å². The number of nitrogens with zero attached hydrogens (tertiary/aromatic N) is 4. The fourth-order valence-electron chi connectivity index (χ4n) is 1.40. The van der Waals surface area contributed by atoms with Crippen molar-refractivity contribution in [1.82, 2.24) is 0 Å². The van der Waals surface area contributed by atoms with E-state index in [9.17, 15) is 0 Å². The summed E-state index contributed by atoms with van der Waals surface area (Å²) in [5.74, 6) is 1.82. The van der Waals surface area contributed by atoms with Crippen molar-refractivity contribution < 1.29 is 4.58 Å². The van der Waals surface area contributed by atoms with Crippen LogP contribution < -0.4 is 0 Å². The van der Waals surface area contributed by atoms with Gasteiger partial charge >= 0.3 is 0 Å². The van der Waals surface area contributed by atoms with Gasteiger partial charge in [-0.05, 0) is 19.4 Å². The summed E-state index contributed by atoms with van der Waals surface area (Å²) in [6.07, 6.45) is 5.15. The number of hydrogen-bond donors (Lipinski definition) is 0. The van der Waals surface area contributed by atoms with E-state index in [1.807, 2.05) is 30.3 Å². The van der Waals surface area contributed by atoms with Gasteiger partial charge in [-0.3, -0.25) is 0 Å². The highest BCUT2D eigenvalue weighted by Crippen LogP contribution is 2.08. The van der Waals surface area contributed by atoms with E-state index in [2.05, 4.69) is 18.4 Å². The van der Waals surface area contributed by atoms with Gasteiger partial charge in [0.1, 0.15) is 19.2 Å². The molecule has 1 aromatic rings. The molecule has 0 atom stereocenters. The number of benzene rings is 1. The lowest BCUT2D eigenvalue weighted by Gasteiger charge is -1.94. The van der Waals surface area contributed by atoms with Gasteiger partial charge in [0.25, 0.3) is 0 Å². The lowest BCUT2D eigenvalue weighted by Crippen LogP contribution is -2.10. The third kappa shape index (κ3) is 7.95. The smallest absolute Gasteiger partial charge is 0.164 e. The second kappa shape index (κ2) is 12.1. The van der Waals surface area contributed by atoms with Crippen molar-refractivity contribution in [3.8, 4) is 12.1 Å². The van der Waals surface area contributed by atoms with Crippen LogP contribution >= 0.6 is 0 Å². The molecule has 1 aromatic carbocycles. The normalized spacial score (nSPS) is 8.57. The average Bonchev–Trinajstić information content (AvgIpc) is 2.55. The minimum atomic E-state index is 0.158. The number of rotatable bonds is 4. The quantitative estimate of drug-likeness (QED) is 0.482. The van der Waals surface area contributed by atoms with Crippen LogP contribution in [0.25, 0.3) is 11.0 Å². The average molecular weight is 278 g/mol. The molecule has 0 N–H and O–H groups in total. The van der Waals surface area contributed by atoms with Gasteiger partial charge in [0, 0.05) is 12.2 Å². The fourth-order valence-corrected chi connectivity index (χ4v) is 1.40. The van der Waals surface area contributed by atoms with Crippen LogP contribution in [0.1, 0.15) is 19.4 Å². The van der Waals surface area contributed by atoms with E-state index in [1.54, 1.807) is 30.3 Å². The first kappa shape index (κ1) is 18.1. The maximum absolute atomic E-state index is 8.47. The predicted molar refractivity (Wildman–Crippen MR) is 86.0 cm³/mol. The van der Waals surface area contributed by atoms with Gasteiger partial charge in [-0.25, -0.2) is 10.4 Å². The van der Waals surface area contributed by atoms with Crippen molar-refractivity contribution in [3.05, 3.63) is 53.5 Å². The molecule has 0 saturated carbocycles. The monoisotopic (exact) mass is 278 g/mol. The van der Waals surface area contributed by atoms with Gasteiger partial charge in [0.05, 0.1) is 11.6 Å². The summed E-state index contributed by atoms with van der Waals surface area (Å²) in [4.78, 5) is 0. The minimum Gasteiger partial charge on any atom is -0.762 e. The van der Waals surface area contributed by atoms with Crippen LogP contribution in [0.5, 0.6) is 0 Å². The van der Waals surface area contributed by atoms with Crippen LogP contribution in [0.4, 0.5) is 0 Å². The van der Waals surface area contributed by atoms with Crippen LogP contribution in [0.2, 0.25) is 0 Å². The summed E-state index contributed by atoms with van der Waals surface area (Å²) in [5, 5.41) is 25.1. The van der Waals surface area contributed by atoms with Crippen molar-refractivity contribution in [3.63, 3.8) is 0 Å². The molecular formula is C17H18N4. The van der Waals surface area contributed by atoms with E-state index in [0.29, 0.717) is 5.56 Å². The van der Waals surface area contributed by atoms with Crippen LogP contribution in [0.3, 0.4) is 0 Å². The Hall–Kier alpha value is -2.94. The molecule has 0 unspecified atom stereocenters. The summed E-state index contributed by atoms with van der Waals surface area (Å²) >= 11 is 0. The molecule has 106 valence electrons. The van der Waals surface area contributed by atoms with E-state index in [4.69, 9.17) is 15.9 Å². The van der Waals surface area contributed by atoms with Crippen LogP contribution in [0.15, 0.2) is 42.5 Å². The first-order valence-electron chi connectivity index (χ1n) is 6.59. The first-order valence-corrected chi connectivity index (χ1v) is 6.59. The summed E-state index contributed by atoms with van der Waals surface area (Å²) in [6.45, 7) is 6.15. The second-order valence-electron chi connectivity index (χ2n) is 3.82. The largest absolute Gasteiger partial charge is 0.762 e. The molecule has 21 heavy (non-hydrogen) atoms. The summed E-state index contributed by atoms with van der Waals surface area (Å²) in [6, 6.07) is 12.7. The lowest BCUT2D eigenvalue weighted by molar-refractivity contribution is -0.515. The molecule has 0 aliphatic heterocycles. The van der Waals surface area contributed by atoms with Crippen molar-refractivity contribution in [2.75, 3.05) is 13.1 Å². The maximum atomic E-state index is 8.47. The van der Waals surface area contributed by atoms with Crippen molar-refractivity contribution >= 4 is 17.7 Å². The van der Waals surface area contributed by atoms with Gasteiger partial charge in [-0.1, -0.05) is 30.3 Å². The zero-order valence-corrected chi connectivity index (χ0v) is 12.3. The van der Waals surface area contributed by atoms with E-state index >= 15 is 0 Å². The van der Waals surface area contributed by atoms with Crippen molar-refractivity contribution in [1.29, 1.82) is 10.5 Å². The van der Waals surface area contributed by atoms with E-state index < -0.39 is 0 Å². The molecule has 0 aliphatic rings. The molecule has 0 bridgehead atoms. The first-order chi connectivity index (χ1) is 10.2. The Balaban J connectivity index is 0.000000384. The zero-order chi connectivity index (χ0) is 15.9. The SMILES string of the molecule is CC[N+](=C/C=C/C#N)CC.N#CC(=C=[N-])c1ccccc1. The molecule has 4 heteroatoms. The van der Waals surface area contributed by atoms with Crippen molar-refractivity contribution in [2.24, 2.45) is 0 Å². The third-order valence-corrected chi connectivity index (χ3v) is 2.57. The summed E-state index contributed by atoms with van der Waals surface area (Å²) in [5.41, 5.74) is 0.836. The Morgan fingerprint density at radius 2 is 1.81 bits per heavy atom. The van der Waals surface area contributed by atoms with Crippen LogP contribution in [-0.4, -0.2) is 29.7 Å². The highest BCUT2D eigenvalue weighted by molar-refractivity contribution is 5.98. The Bertz CT molecular complexity index is 600. The number of hydrogen-bond acceptors (Lipinski definition) is 2. The standard InChI is InChI=1S/C9H5N2.C8H13N2/c10-6-9(7-11)8-4-2-1-3-5-8;1-3-10(4-2)8-6-5-7-9/h1-5H;5-6,8H,3-4H2,1-2H3/q-1;+1/b;6-5+. The molecular weight excluding hydrogens is 260 g/mol. The molecule has 0 aromatic heterocycles. The second-order valence-corrected chi connectivity index (χ2v) is 3.82. The molecule has 0 saturated heterocycles. The van der Waals surface area contributed by atoms with Gasteiger partial charge in [-0.2, -0.15) is 10.5 Å². The van der Waals surface area contributed by atoms with Gasteiger partial charge < -0.3 is 5.41 Å². The molecule has 0 aliphatic carbocycles. The molecule has 0 radical (unpaired) electrons. The summed E-state index contributed by atoms with van der Waals surface area (Å²) in [7, 11) is 0. The summed E-state index contributed by atoms with van der Waals surface area (Å²) < 4.78 is 2.12. The molecule has 0 spiro atoms. The highest BCUT2D eigenvalue weighted by atomic mass is 15.0. The van der Waals surface area contributed by atoms with E-state index in [0.717, 1.165) is 13.1 Å². The van der Waals surface area contributed by atoms with Crippen molar-refractivity contribution in [2.45, 2.75) is 13.8 Å². The lowest BCUT2D eigenvalue weighted by atomic mass is 10.1. The molecule has 0 amide bonds.